The highest BCUT2D eigenvalue weighted by atomic mass is 16.4. The number of hydrogen-bond acceptors (Lipinski definition) is 3. The summed E-state index contributed by atoms with van der Waals surface area (Å²) in [4.78, 5) is 24.3. The third kappa shape index (κ3) is 3.12. The second-order valence-electron chi connectivity index (χ2n) is 4.72. The zero-order valence-electron chi connectivity index (χ0n) is 10.6. The van der Waals surface area contributed by atoms with Gasteiger partial charge in [-0.2, -0.15) is 0 Å². The number of carbonyl (C=O) groups is 2. The maximum absolute atomic E-state index is 11.9. The van der Waals surface area contributed by atoms with E-state index in [2.05, 4.69) is 0 Å². The van der Waals surface area contributed by atoms with Crippen molar-refractivity contribution < 1.29 is 19.8 Å². The number of carboxylic acid groups (broad SMARTS) is 1. The van der Waals surface area contributed by atoms with Crippen molar-refractivity contribution in [3.8, 4) is 0 Å². The Balaban J connectivity index is 2.04. The Bertz CT molecular complexity index is 469. The van der Waals surface area contributed by atoms with E-state index in [4.69, 9.17) is 10.2 Å². The number of hydrogen-bond donors (Lipinski definition) is 2. The molecule has 1 aliphatic heterocycles. The van der Waals surface area contributed by atoms with Gasteiger partial charge in [0.25, 0.3) is 0 Å². The zero-order chi connectivity index (χ0) is 13.8. The molecule has 1 saturated heterocycles. The molecular formula is C14H17NO4. The van der Waals surface area contributed by atoms with Crippen LogP contribution in [0.1, 0.15) is 34.7 Å². The number of amides is 1. The quantitative estimate of drug-likeness (QED) is 0.852. The number of benzene rings is 1. The first-order valence-electron chi connectivity index (χ1n) is 6.33. The number of nitrogens with zero attached hydrogens (tertiary/aromatic N) is 1. The van der Waals surface area contributed by atoms with Gasteiger partial charge in [-0.1, -0.05) is 12.1 Å². The topological polar surface area (TPSA) is 77.8 Å². The van der Waals surface area contributed by atoms with Crippen molar-refractivity contribution in [2.45, 2.75) is 18.8 Å². The molecule has 1 fully saturated rings. The average molecular weight is 263 g/mol. The van der Waals surface area contributed by atoms with Crippen molar-refractivity contribution in [2.24, 2.45) is 0 Å². The molecule has 0 radical (unpaired) electrons. The minimum atomic E-state index is -0.944. The van der Waals surface area contributed by atoms with Crippen LogP contribution in [0.2, 0.25) is 0 Å². The van der Waals surface area contributed by atoms with Gasteiger partial charge in [-0.05, 0) is 30.0 Å². The Morgan fingerprint density at radius 3 is 2.53 bits per heavy atom. The lowest BCUT2D eigenvalue weighted by Crippen LogP contribution is -2.39. The number of likely N-dealkylation sites (tertiary alicyclic amines) is 1. The Kier molecular flexibility index (Phi) is 4.16. The number of aliphatic hydroxyl groups is 1. The summed E-state index contributed by atoms with van der Waals surface area (Å²) in [7, 11) is 0. The van der Waals surface area contributed by atoms with E-state index in [9.17, 15) is 9.59 Å². The SMILES string of the molecule is O=C(O)c1ccc(C2CCN(CCO)C(=O)C2)cc1. The van der Waals surface area contributed by atoms with Crippen LogP contribution in [0.5, 0.6) is 0 Å². The standard InChI is InChI=1S/C14H17NO4/c16-8-7-15-6-5-12(9-13(15)17)10-1-3-11(4-2-10)14(18)19/h1-4,12,16H,5-9H2,(H,18,19). The van der Waals surface area contributed by atoms with Gasteiger partial charge in [0, 0.05) is 19.5 Å². The van der Waals surface area contributed by atoms with E-state index in [0.29, 0.717) is 19.5 Å². The molecule has 1 atom stereocenters. The van der Waals surface area contributed by atoms with Crippen LogP contribution in [0, 0.1) is 0 Å². The number of aliphatic hydroxyl groups excluding tert-OH is 1. The van der Waals surface area contributed by atoms with E-state index in [-0.39, 0.29) is 24.0 Å². The Morgan fingerprint density at radius 1 is 1.32 bits per heavy atom. The molecule has 0 aromatic heterocycles. The number of β-amino-alcohol motifs (C(OH)–C–C–N with tert-alkyl or cyclic N) is 1. The summed E-state index contributed by atoms with van der Waals surface area (Å²) in [5, 5.41) is 17.7. The van der Waals surface area contributed by atoms with E-state index < -0.39 is 5.97 Å². The van der Waals surface area contributed by atoms with Crippen molar-refractivity contribution in [3.05, 3.63) is 35.4 Å². The summed E-state index contributed by atoms with van der Waals surface area (Å²) >= 11 is 0. The minimum absolute atomic E-state index is 0.0102. The van der Waals surface area contributed by atoms with Gasteiger partial charge in [-0.15, -0.1) is 0 Å². The number of carbonyl (C=O) groups excluding carboxylic acids is 1. The molecule has 1 aliphatic rings. The van der Waals surface area contributed by atoms with Gasteiger partial charge in [0.1, 0.15) is 0 Å². The van der Waals surface area contributed by atoms with Gasteiger partial charge in [0.15, 0.2) is 0 Å². The normalized spacial score (nSPS) is 19.5. The molecule has 0 aliphatic carbocycles. The molecule has 2 N–H and O–H groups in total. The molecule has 1 unspecified atom stereocenters. The predicted octanol–water partition coefficient (Wildman–Crippen LogP) is 1.08. The van der Waals surface area contributed by atoms with Gasteiger partial charge in [-0.25, -0.2) is 4.79 Å². The highest BCUT2D eigenvalue weighted by molar-refractivity contribution is 5.87. The maximum Gasteiger partial charge on any atom is 0.335 e. The molecule has 1 amide bonds. The van der Waals surface area contributed by atoms with Gasteiger partial charge >= 0.3 is 5.97 Å². The fourth-order valence-corrected chi connectivity index (χ4v) is 2.42. The molecule has 5 heteroatoms. The Hall–Kier alpha value is -1.88. The number of piperidine rings is 1. The first-order chi connectivity index (χ1) is 9.11. The lowest BCUT2D eigenvalue weighted by Gasteiger charge is -2.31. The van der Waals surface area contributed by atoms with Gasteiger partial charge in [-0.3, -0.25) is 4.79 Å². The van der Waals surface area contributed by atoms with Crippen molar-refractivity contribution in [1.82, 2.24) is 4.90 Å². The minimum Gasteiger partial charge on any atom is -0.478 e. The van der Waals surface area contributed by atoms with E-state index in [1.54, 1.807) is 29.2 Å². The van der Waals surface area contributed by atoms with Crippen LogP contribution in [0.3, 0.4) is 0 Å². The highest BCUT2D eigenvalue weighted by Crippen LogP contribution is 2.28. The first kappa shape index (κ1) is 13.5. The predicted molar refractivity (Wildman–Crippen MR) is 69.0 cm³/mol. The maximum atomic E-state index is 11.9. The van der Waals surface area contributed by atoms with Crippen LogP contribution in [-0.4, -0.2) is 46.7 Å². The van der Waals surface area contributed by atoms with Crippen molar-refractivity contribution in [1.29, 1.82) is 0 Å². The summed E-state index contributed by atoms with van der Waals surface area (Å²) in [6.45, 7) is 1.03. The molecule has 102 valence electrons. The summed E-state index contributed by atoms with van der Waals surface area (Å²) < 4.78 is 0. The van der Waals surface area contributed by atoms with Crippen LogP contribution in [-0.2, 0) is 4.79 Å². The van der Waals surface area contributed by atoms with Crippen molar-refractivity contribution >= 4 is 11.9 Å². The molecular weight excluding hydrogens is 246 g/mol. The molecule has 2 rings (SSSR count). The monoisotopic (exact) mass is 263 g/mol. The van der Waals surface area contributed by atoms with E-state index in [1.807, 2.05) is 0 Å². The molecule has 1 aromatic carbocycles. The number of rotatable bonds is 4. The first-order valence-corrected chi connectivity index (χ1v) is 6.33. The summed E-state index contributed by atoms with van der Waals surface area (Å²) in [5.74, 6) is -0.752. The summed E-state index contributed by atoms with van der Waals surface area (Å²) in [6.07, 6.45) is 1.27. The van der Waals surface area contributed by atoms with Crippen molar-refractivity contribution in [3.63, 3.8) is 0 Å². The largest absolute Gasteiger partial charge is 0.478 e. The summed E-state index contributed by atoms with van der Waals surface area (Å²) in [6, 6.07) is 6.71. The van der Waals surface area contributed by atoms with Gasteiger partial charge in [0.2, 0.25) is 5.91 Å². The third-order valence-electron chi connectivity index (χ3n) is 3.52. The van der Waals surface area contributed by atoms with Gasteiger partial charge in [0.05, 0.1) is 12.2 Å². The van der Waals surface area contributed by atoms with E-state index >= 15 is 0 Å². The van der Waals surface area contributed by atoms with Crippen LogP contribution >= 0.6 is 0 Å². The summed E-state index contributed by atoms with van der Waals surface area (Å²) in [5.41, 5.74) is 1.26. The molecule has 5 nitrogen and oxygen atoms in total. The smallest absolute Gasteiger partial charge is 0.335 e. The van der Waals surface area contributed by atoms with Crippen LogP contribution in [0.25, 0.3) is 0 Å². The second kappa shape index (κ2) is 5.84. The Labute approximate surface area is 111 Å². The Morgan fingerprint density at radius 2 is 2.00 bits per heavy atom. The lowest BCUT2D eigenvalue weighted by molar-refractivity contribution is -0.134. The molecule has 0 bridgehead atoms. The zero-order valence-corrected chi connectivity index (χ0v) is 10.6. The van der Waals surface area contributed by atoms with Crippen molar-refractivity contribution in [2.75, 3.05) is 19.7 Å². The molecule has 0 saturated carbocycles. The average Bonchev–Trinajstić information content (AvgIpc) is 2.41. The second-order valence-corrected chi connectivity index (χ2v) is 4.72. The fourth-order valence-electron chi connectivity index (χ4n) is 2.42. The molecule has 0 spiro atoms. The van der Waals surface area contributed by atoms with Crippen LogP contribution in [0.15, 0.2) is 24.3 Å². The lowest BCUT2D eigenvalue weighted by atomic mass is 9.88. The fraction of sp³-hybridized carbons (Fsp3) is 0.429. The van der Waals surface area contributed by atoms with Gasteiger partial charge < -0.3 is 15.1 Å². The third-order valence-corrected chi connectivity index (χ3v) is 3.52. The van der Waals surface area contributed by atoms with Crippen LogP contribution < -0.4 is 0 Å². The molecule has 19 heavy (non-hydrogen) atoms. The van der Waals surface area contributed by atoms with Crippen LogP contribution in [0.4, 0.5) is 0 Å². The molecule has 1 heterocycles. The number of carboxylic acids is 1. The molecule has 1 aromatic rings. The number of aromatic carboxylic acids is 1. The highest BCUT2D eigenvalue weighted by Gasteiger charge is 2.26. The van der Waals surface area contributed by atoms with E-state index in [0.717, 1.165) is 12.0 Å². The van der Waals surface area contributed by atoms with E-state index in [1.165, 1.54) is 0 Å².